The van der Waals surface area contributed by atoms with Crippen molar-refractivity contribution >= 4 is 23.1 Å². The number of rotatable bonds is 9. The van der Waals surface area contributed by atoms with Gasteiger partial charge in [-0.3, -0.25) is 10.1 Å². The lowest BCUT2D eigenvalue weighted by Gasteiger charge is -2.06. The first-order chi connectivity index (χ1) is 9.13. The van der Waals surface area contributed by atoms with Crippen LogP contribution in [0.15, 0.2) is 12.1 Å². The molecule has 1 rings (SSSR count). The molecule has 0 amide bonds. The third-order valence-electron chi connectivity index (χ3n) is 2.40. The molecule has 19 heavy (non-hydrogen) atoms. The average Bonchev–Trinajstić information content (AvgIpc) is 2.37. The number of hydrogen-bond acceptors (Lipinski definition) is 5. The highest BCUT2D eigenvalue weighted by Crippen LogP contribution is 2.20. The molecular weight excluding hydrogens is 270 g/mol. The van der Waals surface area contributed by atoms with E-state index in [1.807, 2.05) is 0 Å². The molecule has 0 aliphatic heterocycles. The largest absolute Gasteiger partial charge is 0.381 e. The quantitative estimate of drug-likeness (QED) is 0.326. The summed E-state index contributed by atoms with van der Waals surface area (Å²) in [4.78, 5) is 14.1. The Labute approximate surface area is 117 Å². The smallest absolute Gasteiger partial charge is 0.276 e. The molecule has 0 spiro atoms. The summed E-state index contributed by atoms with van der Waals surface area (Å²) < 4.78 is 5.40. The Morgan fingerprint density at radius 3 is 2.84 bits per heavy atom. The summed E-state index contributed by atoms with van der Waals surface area (Å²) in [6.07, 6.45) is 3.00. The number of nitro groups is 1. The molecule has 0 saturated carbocycles. The van der Waals surface area contributed by atoms with Crippen LogP contribution in [0.1, 0.15) is 26.2 Å². The van der Waals surface area contributed by atoms with Crippen molar-refractivity contribution in [3.8, 4) is 0 Å². The normalized spacial score (nSPS) is 10.4. The fraction of sp³-hybridized carbons (Fsp3) is 0.583. The van der Waals surface area contributed by atoms with Gasteiger partial charge in [0.1, 0.15) is 11.0 Å². The number of anilines is 1. The van der Waals surface area contributed by atoms with E-state index < -0.39 is 4.92 Å². The number of ether oxygens (including phenoxy) is 1. The lowest BCUT2D eigenvalue weighted by Crippen LogP contribution is -2.07. The maximum Gasteiger partial charge on any atom is 0.276 e. The van der Waals surface area contributed by atoms with E-state index in [1.165, 1.54) is 12.1 Å². The summed E-state index contributed by atoms with van der Waals surface area (Å²) in [6.45, 7) is 4.19. The minimum absolute atomic E-state index is 0.0679. The van der Waals surface area contributed by atoms with Crippen LogP contribution >= 0.6 is 11.6 Å². The molecule has 0 atom stereocenters. The fourth-order valence-electron chi connectivity index (χ4n) is 1.42. The topological polar surface area (TPSA) is 77.3 Å². The predicted octanol–water partition coefficient (Wildman–Crippen LogP) is 3.26. The number of unbranched alkanes of at least 4 members (excludes halogenated alkanes) is 1. The van der Waals surface area contributed by atoms with Crippen molar-refractivity contribution in [3.63, 3.8) is 0 Å². The van der Waals surface area contributed by atoms with Crippen molar-refractivity contribution < 1.29 is 9.66 Å². The summed E-state index contributed by atoms with van der Waals surface area (Å²) in [7, 11) is 0. The molecule has 0 aromatic carbocycles. The third kappa shape index (κ3) is 6.35. The molecule has 0 aliphatic carbocycles. The predicted molar refractivity (Wildman–Crippen MR) is 74.7 cm³/mol. The van der Waals surface area contributed by atoms with Crippen molar-refractivity contribution in [2.24, 2.45) is 0 Å². The molecule has 0 saturated heterocycles. The number of halogens is 1. The van der Waals surface area contributed by atoms with Crippen LogP contribution in [0.25, 0.3) is 0 Å². The monoisotopic (exact) mass is 287 g/mol. The number of nitrogens with zero attached hydrogens (tertiary/aromatic N) is 2. The van der Waals surface area contributed by atoms with E-state index in [-0.39, 0.29) is 10.8 Å². The SMILES string of the molecule is CCCCOCCCNc1cc([N+](=O)[O-])cc(Cl)n1. The second-order valence-electron chi connectivity index (χ2n) is 4.04. The number of aromatic nitrogens is 1. The summed E-state index contributed by atoms with van der Waals surface area (Å²) >= 11 is 5.71. The molecule has 0 radical (unpaired) electrons. The fourth-order valence-corrected chi connectivity index (χ4v) is 1.62. The lowest BCUT2D eigenvalue weighted by molar-refractivity contribution is -0.384. The van der Waals surface area contributed by atoms with Crippen LogP contribution < -0.4 is 5.32 Å². The van der Waals surface area contributed by atoms with Gasteiger partial charge in [0, 0.05) is 19.8 Å². The Kier molecular flexibility index (Phi) is 7.14. The van der Waals surface area contributed by atoms with Crippen molar-refractivity contribution in [2.75, 3.05) is 25.1 Å². The molecule has 1 heterocycles. The summed E-state index contributed by atoms with van der Waals surface area (Å²) in [5, 5.41) is 13.8. The molecule has 0 aliphatic rings. The zero-order valence-corrected chi connectivity index (χ0v) is 11.7. The molecule has 0 fully saturated rings. The highest BCUT2D eigenvalue weighted by Gasteiger charge is 2.09. The van der Waals surface area contributed by atoms with Crippen LogP contribution in [-0.2, 0) is 4.74 Å². The molecule has 1 aromatic rings. The van der Waals surface area contributed by atoms with Crippen LogP contribution in [0.2, 0.25) is 5.15 Å². The van der Waals surface area contributed by atoms with Gasteiger partial charge in [-0.2, -0.15) is 0 Å². The molecule has 1 N–H and O–H groups in total. The maximum absolute atomic E-state index is 10.7. The Morgan fingerprint density at radius 1 is 1.42 bits per heavy atom. The molecular formula is C12H18ClN3O3. The van der Waals surface area contributed by atoms with Gasteiger partial charge in [-0.25, -0.2) is 4.98 Å². The first-order valence-corrected chi connectivity index (χ1v) is 6.65. The molecule has 106 valence electrons. The molecule has 7 heteroatoms. The van der Waals surface area contributed by atoms with Crippen molar-refractivity contribution in [1.29, 1.82) is 0 Å². The van der Waals surface area contributed by atoms with Crippen LogP contribution in [0, 0.1) is 10.1 Å². The molecule has 0 bridgehead atoms. The van der Waals surface area contributed by atoms with E-state index in [4.69, 9.17) is 16.3 Å². The van der Waals surface area contributed by atoms with E-state index in [0.29, 0.717) is 19.0 Å². The van der Waals surface area contributed by atoms with Crippen LogP contribution in [0.3, 0.4) is 0 Å². The van der Waals surface area contributed by atoms with Crippen LogP contribution in [0.5, 0.6) is 0 Å². The minimum Gasteiger partial charge on any atom is -0.381 e. The van der Waals surface area contributed by atoms with E-state index in [0.717, 1.165) is 25.9 Å². The Morgan fingerprint density at radius 2 is 2.16 bits per heavy atom. The zero-order chi connectivity index (χ0) is 14.1. The van der Waals surface area contributed by atoms with Gasteiger partial charge < -0.3 is 10.1 Å². The van der Waals surface area contributed by atoms with E-state index in [2.05, 4.69) is 17.2 Å². The van der Waals surface area contributed by atoms with Gasteiger partial charge in [-0.05, 0) is 12.8 Å². The number of hydrogen-bond donors (Lipinski definition) is 1. The van der Waals surface area contributed by atoms with Crippen molar-refractivity contribution in [1.82, 2.24) is 4.98 Å². The second-order valence-corrected chi connectivity index (χ2v) is 4.42. The standard InChI is InChI=1S/C12H18ClN3O3/c1-2-3-6-19-7-4-5-14-12-9-10(16(17)18)8-11(13)15-12/h8-9H,2-7H2,1H3,(H,14,15). The van der Waals surface area contributed by atoms with Gasteiger partial charge in [0.25, 0.3) is 5.69 Å². The van der Waals surface area contributed by atoms with Crippen LogP contribution in [-0.4, -0.2) is 29.7 Å². The Balaban J connectivity index is 2.31. The maximum atomic E-state index is 10.7. The lowest BCUT2D eigenvalue weighted by atomic mass is 10.3. The molecule has 1 aromatic heterocycles. The first kappa shape index (κ1) is 15.7. The first-order valence-electron chi connectivity index (χ1n) is 6.27. The average molecular weight is 288 g/mol. The highest BCUT2D eigenvalue weighted by molar-refractivity contribution is 6.29. The van der Waals surface area contributed by atoms with Gasteiger partial charge in [0.05, 0.1) is 17.1 Å². The van der Waals surface area contributed by atoms with E-state index >= 15 is 0 Å². The number of pyridine rings is 1. The minimum atomic E-state index is -0.493. The third-order valence-corrected chi connectivity index (χ3v) is 2.60. The number of nitrogens with one attached hydrogen (secondary N) is 1. The van der Waals surface area contributed by atoms with Crippen molar-refractivity contribution in [3.05, 3.63) is 27.4 Å². The van der Waals surface area contributed by atoms with Gasteiger partial charge in [-0.1, -0.05) is 24.9 Å². The summed E-state index contributed by atoms with van der Waals surface area (Å²) in [6, 6.07) is 2.59. The Bertz CT molecular complexity index is 415. The van der Waals surface area contributed by atoms with E-state index in [1.54, 1.807) is 0 Å². The zero-order valence-electron chi connectivity index (χ0n) is 10.9. The van der Waals surface area contributed by atoms with Gasteiger partial charge in [0.15, 0.2) is 0 Å². The summed E-state index contributed by atoms with van der Waals surface area (Å²) in [5.74, 6) is 0.410. The second kappa shape index (κ2) is 8.66. The molecule has 0 unspecified atom stereocenters. The van der Waals surface area contributed by atoms with Gasteiger partial charge in [0.2, 0.25) is 0 Å². The Hall–Kier alpha value is -1.40. The highest BCUT2D eigenvalue weighted by atomic mass is 35.5. The molecule has 6 nitrogen and oxygen atoms in total. The van der Waals surface area contributed by atoms with E-state index in [9.17, 15) is 10.1 Å². The van der Waals surface area contributed by atoms with Gasteiger partial charge >= 0.3 is 0 Å². The van der Waals surface area contributed by atoms with Gasteiger partial charge in [-0.15, -0.1) is 0 Å². The summed E-state index contributed by atoms with van der Waals surface area (Å²) in [5.41, 5.74) is -0.0679. The van der Waals surface area contributed by atoms with Crippen LogP contribution in [0.4, 0.5) is 11.5 Å². The van der Waals surface area contributed by atoms with Crippen molar-refractivity contribution in [2.45, 2.75) is 26.2 Å².